The highest BCUT2D eigenvalue weighted by atomic mass is 16.5. The number of unbranched alkanes of at least 4 members (excludes halogenated alkanes) is 1. The van der Waals surface area contributed by atoms with Crippen LogP contribution >= 0.6 is 0 Å². The molecule has 0 saturated carbocycles. The first-order valence-corrected chi connectivity index (χ1v) is 12.8. The number of para-hydroxylation sites is 1. The zero-order valence-electron chi connectivity index (χ0n) is 21.9. The molecule has 0 radical (unpaired) electrons. The minimum absolute atomic E-state index is 0.234. The Bertz CT molecular complexity index is 1020. The molecule has 35 heavy (non-hydrogen) atoms. The van der Waals surface area contributed by atoms with E-state index in [0.717, 1.165) is 47.8 Å². The predicted molar refractivity (Wildman–Crippen MR) is 141 cm³/mol. The number of hydrogen-bond donors (Lipinski definition) is 1. The Hall–Kier alpha value is -2.67. The van der Waals surface area contributed by atoms with Crippen LogP contribution in [0.1, 0.15) is 57.4 Å². The van der Waals surface area contributed by atoms with E-state index < -0.39 is 6.10 Å². The van der Waals surface area contributed by atoms with Crippen LogP contribution in [0.15, 0.2) is 54.6 Å². The molecule has 1 heterocycles. The van der Waals surface area contributed by atoms with Crippen LogP contribution in [0.25, 0.3) is 5.69 Å². The summed E-state index contributed by atoms with van der Waals surface area (Å²) in [5.74, 6) is 1.49. The van der Waals surface area contributed by atoms with Gasteiger partial charge in [0.25, 0.3) is 0 Å². The van der Waals surface area contributed by atoms with Gasteiger partial charge in [-0.05, 0) is 57.9 Å². The topological polar surface area (TPSA) is 59.8 Å². The van der Waals surface area contributed by atoms with Gasteiger partial charge in [0.15, 0.2) is 0 Å². The van der Waals surface area contributed by atoms with Crippen LogP contribution in [-0.4, -0.2) is 51.7 Å². The second-order valence-corrected chi connectivity index (χ2v) is 9.35. The Morgan fingerprint density at radius 3 is 2.37 bits per heavy atom. The molecule has 0 spiro atoms. The highest BCUT2D eigenvalue weighted by Crippen LogP contribution is 2.32. The summed E-state index contributed by atoms with van der Waals surface area (Å²) in [7, 11) is 0. The first-order chi connectivity index (χ1) is 16.9. The van der Waals surface area contributed by atoms with E-state index in [4.69, 9.17) is 14.6 Å². The molecule has 0 unspecified atom stereocenters. The number of aromatic nitrogens is 2. The molecule has 6 nitrogen and oxygen atoms in total. The average Bonchev–Trinajstić information content (AvgIpc) is 3.20. The number of ether oxygens (including phenoxy) is 2. The van der Waals surface area contributed by atoms with Gasteiger partial charge in [-0.1, -0.05) is 56.2 Å². The van der Waals surface area contributed by atoms with Gasteiger partial charge in [0.2, 0.25) is 5.88 Å². The Morgan fingerprint density at radius 1 is 1.03 bits per heavy atom. The lowest BCUT2D eigenvalue weighted by Gasteiger charge is -2.29. The molecule has 1 aromatic heterocycles. The molecular formula is C29H41N3O3. The Kier molecular flexibility index (Phi) is 10.3. The van der Waals surface area contributed by atoms with Crippen molar-refractivity contribution in [1.82, 2.24) is 14.7 Å². The molecule has 0 saturated heterocycles. The number of aliphatic hydroxyl groups is 1. The zero-order chi connectivity index (χ0) is 25.2. The van der Waals surface area contributed by atoms with E-state index in [2.05, 4.69) is 39.5 Å². The lowest BCUT2D eigenvalue weighted by molar-refractivity contribution is 0.00841. The third kappa shape index (κ3) is 7.66. The van der Waals surface area contributed by atoms with Crippen molar-refractivity contribution in [3.8, 4) is 17.3 Å². The maximum atomic E-state index is 10.7. The van der Waals surface area contributed by atoms with Crippen LogP contribution in [0.3, 0.4) is 0 Å². The summed E-state index contributed by atoms with van der Waals surface area (Å²) in [5, 5.41) is 15.6. The minimum atomic E-state index is -0.551. The van der Waals surface area contributed by atoms with Crippen molar-refractivity contribution >= 4 is 0 Å². The van der Waals surface area contributed by atoms with Gasteiger partial charge >= 0.3 is 0 Å². The maximum Gasteiger partial charge on any atom is 0.227 e. The SMILES string of the molecule is CCCCOC[C@H](O)CN(Cc1c(CC)nn(-c2ccccc2)c1Oc1ccc(C)cc1)C(C)C. The number of hydrogen-bond acceptors (Lipinski definition) is 5. The molecule has 0 amide bonds. The van der Waals surface area contributed by atoms with Crippen LogP contribution in [0, 0.1) is 6.92 Å². The lowest BCUT2D eigenvalue weighted by atomic mass is 10.1. The van der Waals surface area contributed by atoms with Crippen LogP contribution in [0.5, 0.6) is 11.6 Å². The number of nitrogens with zero attached hydrogens (tertiary/aromatic N) is 3. The van der Waals surface area contributed by atoms with Gasteiger partial charge in [-0.3, -0.25) is 4.90 Å². The number of aryl methyl sites for hydroxylation is 2. The monoisotopic (exact) mass is 479 g/mol. The average molecular weight is 480 g/mol. The van der Waals surface area contributed by atoms with Crippen LogP contribution in [0.4, 0.5) is 0 Å². The maximum absolute atomic E-state index is 10.7. The number of rotatable bonds is 14. The molecule has 2 aromatic carbocycles. The summed E-state index contributed by atoms with van der Waals surface area (Å²) in [6.45, 7) is 12.8. The number of benzene rings is 2. The van der Waals surface area contributed by atoms with Gasteiger partial charge in [0.05, 0.1) is 29.7 Å². The van der Waals surface area contributed by atoms with Crippen LogP contribution in [-0.2, 0) is 17.7 Å². The van der Waals surface area contributed by atoms with E-state index in [9.17, 15) is 5.11 Å². The molecular weight excluding hydrogens is 438 g/mol. The van der Waals surface area contributed by atoms with Crippen molar-refractivity contribution < 1.29 is 14.6 Å². The molecule has 6 heteroatoms. The highest BCUT2D eigenvalue weighted by Gasteiger charge is 2.25. The highest BCUT2D eigenvalue weighted by molar-refractivity contribution is 5.44. The summed E-state index contributed by atoms with van der Waals surface area (Å²) in [5.41, 5.74) is 4.18. The van der Waals surface area contributed by atoms with Gasteiger partial charge in [0.1, 0.15) is 5.75 Å². The Morgan fingerprint density at radius 2 is 1.74 bits per heavy atom. The normalized spacial score (nSPS) is 12.5. The molecule has 0 aliphatic heterocycles. The third-order valence-electron chi connectivity index (χ3n) is 6.08. The largest absolute Gasteiger partial charge is 0.439 e. The third-order valence-corrected chi connectivity index (χ3v) is 6.08. The zero-order valence-corrected chi connectivity index (χ0v) is 21.9. The molecule has 1 N–H and O–H groups in total. The van der Waals surface area contributed by atoms with E-state index in [1.807, 2.05) is 59.3 Å². The van der Waals surface area contributed by atoms with Gasteiger partial charge in [-0.25, -0.2) is 4.68 Å². The van der Waals surface area contributed by atoms with E-state index >= 15 is 0 Å². The summed E-state index contributed by atoms with van der Waals surface area (Å²) >= 11 is 0. The second-order valence-electron chi connectivity index (χ2n) is 9.35. The van der Waals surface area contributed by atoms with Gasteiger partial charge in [-0.2, -0.15) is 5.10 Å². The fraction of sp³-hybridized carbons (Fsp3) is 0.483. The first-order valence-electron chi connectivity index (χ1n) is 12.8. The fourth-order valence-electron chi connectivity index (χ4n) is 3.94. The van der Waals surface area contributed by atoms with Crippen LogP contribution in [0.2, 0.25) is 0 Å². The Labute approximate surface area is 210 Å². The molecule has 0 aliphatic rings. The minimum Gasteiger partial charge on any atom is -0.439 e. The smallest absolute Gasteiger partial charge is 0.227 e. The van der Waals surface area contributed by atoms with Crippen LogP contribution < -0.4 is 4.74 Å². The van der Waals surface area contributed by atoms with E-state index in [0.29, 0.717) is 26.3 Å². The van der Waals surface area contributed by atoms with Crippen molar-refractivity contribution in [1.29, 1.82) is 0 Å². The molecule has 190 valence electrons. The summed E-state index contributed by atoms with van der Waals surface area (Å²) in [6, 6.07) is 18.4. The molecule has 0 aliphatic carbocycles. The van der Waals surface area contributed by atoms with Crippen molar-refractivity contribution in [2.45, 2.75) is 72.6 Å². The van der Waals surface area contributed by atoms with Crippen molar-refractivity contribution in [3.05, 3.63) is 71.4 Å². The van der Waals surface area contributed by atoms with E-state index in [1.165, 1.54) is 5.56 Å². The molecule has 0 fully saturated rings. The standard InChI is InChI=1S/C29H41N3O3/c1-6-8-18-34-21-25(33)19-31(22(3)4)20-27-28(7-2)30-32(24-12-10-9-11-13-24)29(27)35-26-16-14-23(5)15-17-26/h9-17,22,25,33H,6-8,18-21H2,1-5H3/t25-/m1/s1. The summed E-state index contributed by atoms with van der Waals surface area (Å²) < 4.78 is 14.1. The van der Waals surface area contributed by atoms with Crippen molar-refractivity contribution in [3.63, 3.8) is 0 Å². The fourth-order valence-corrected chi connectivity index (χ4v) is 3.94. The molecule has 3 rings (SSSR count). The first kappa shape index (κ1) is 26.9. The van der Waals surface area contributed by atoms with E-state index in [1.54, 1.807) is 0 Å². The summed E-state index contributed by atoms with van der Waals surface area (Å²) in [6.07, 6.45) is 2.33. The molecule has 0 bridgehead atoms. The number of aliphatic hydroxyl groups excluding tert-OH is 1. The van der Waals surface area contributed by atoms with Gasteiger partial charge in [0, 0.05) is 25.7 Å². The summed E-state index contributed by atoms with van der Waals surface area (Å²) in [4.78, 5) is 2.27. The van der Waals surface area contributed by atoms with Gasteiger partial charge < -0.3 is 14.6 Å². The molecule has 1 atom stereocenters. The van der Waals surface area contributed by atoms with Crippen molar-refractivity contribution in [2.75, 3.05) is 19.8 Å². The lowest BCUT2D eigenvalue weighted by Crippen LogP contribution is -2.39. The quantitative estimate of drug-likeness (QED) is 0.291. The van der Waals surface area contributed by atoms with Crippen molar-refractivity contribution in [2.24, 2.45) is 0 Å². The molecule has 3 aromatic rings. The second kappa shape index (κ2) is 13.4. The van der Waals surface area contributed by atoms with Gasteiger partial charge in [-0.15, -0.1) is 0 Å². The predicted octanol–water partition coefficient (Wildman–Crippen LogP) is 5.92. The van der Waals surface area contributed by atoms with E-state index in [-0.39, 0.29) is 6.04 Å². The Balaban J connectivity index is 1.92.